The van der Waals surface area contributed by atoms with Gasteiger partial charge in [0.05, 0.1) is 12.2 Å². The van der Waals surface area contributed by atoms with E-state index in [9.17, 15) is 0 Å². The second-order valence-electron chi connectivity index (χ2n) is 4.33. The molecule has 1 nitrogen and oxygen atoms in total. The minimum absolute atomic E-state index is 0.208. The van der Waals surface area contributed by atoms with E-state index >= 15 is 0 Å². The third kappa shape index (κ3) is 3.91. The fraction of sp³-hybridized carbons (Fsp3) is 0.818. The molecule has 0 saturated heterocycles. The van der Waals surface area contributed by atoms with E-state index in [0.29, 0.717) is 0 Å². The summed E-state index contributed by atoms with van der Waals surface area (Å²) >= 11 is 0. The van der Waals surface area contributed by atoms with Crippen LogP contribution in [0.2, 0.25) is 0 Å². The van der Waals surface area contributed by atoms with Crippen molar-refractivity contribution in [2.45, 2.75) is 53.2 Å². The van der Waals surface area contributed by atoms with E-state index in [0.717, 1.165) is 6.42 Å². The van der Waals surface area contributed by atoms with Crippen LogP contribution in [0, 0.1) is 5.41 Å². The SMILES string of the molecule is C=CC(CC)OC(C)C(C)(C)C. The highest BCUT2D eigenvalue weighted by atomic mass is 16.5. The van der Waals surface area contributed by atoms with Gasteiger partial charge >= 0.3 is 0 Å². The van der Waals surface area contributed by atoms with Gasteiger partial charge in [-0.15, -0.1) is 6.58 Å². The van der Waals surface area contributed by atoms with Crippen molar-refractivity contribution in [3.8, 4) is 0 Å². The van der Waals surface area contributed by atoms with Crippen LogP contribution in [0.4, 0.5) is 0 Å². The highest BCUT2D eigenvalue weighted by molar-refractivity contribution is 4.81. The van der Waals surface area contributed by atoms with Gasteiger partial charge in [0.15, 0.2) is 0 Å². The summed E-state index contributed by atoms with van der Waals surface area (Å²) in [6.45, 7) is 14.5. The summed E-state index contributed by atoms with van der Waals surface area (Å²) in [5.74, 6) is 0. The van der Waals surface area contributed by atoms with Gasteiger partial charge in [0.1, 0.15) is 0 Å². The minimum atomic E-state index is 0.208. The molecule has 0 aromatic carbocycles. The first kappa shape index (κ1) is 11.7. The molecule has 0 bridgehead atoms. The summed E-state index contributed by atoms with van der Waals surface area (Å²) in [5, 5.41) is 0. The molecule has 0 aliphatic heterocycles. The van der Waals surface area contributed by atoms with Gasteiger partial charge in [0.2, 0.25) is 0 Å². The Morgan fingerprint density at radius 3 is 2.17 bits per heavy atom. The van der Waals surface area contributed by atoms with Gasteiger partial charge in [-0.25, -0.2) is 0 Å². The molecule has 0 rings (SSSR count). The molecule has 12 heavy (non-hydrogen) atoms. The third-order valence-electron chi connectivity index (χ3n) is 2.26. The molecule has 0 aromatic rings. The van der Waals surface area contributed by atoms with Gasteiger partial charge in [-0.05, 0) is 18.8 Å². The van der Waals surface area contributed by atoms with Crippen molar-refractivity contribution < 1.29 is 4.74 Å². The minimum Gasteiger partial charge on any atom is -0.371 e. The normalized spacial score (nSPS) is 17.1. The lowest BCUT2D eigenvalue weighted by Crippen LogP contribution is -2.29. The Morgan fingerprint density at radius 2 is 1.92 bits per heavy atom. The average Bonchev–Trinajstić information content (AvgIpc) is 1.97. The summed E-state index contributed by atoms with van der Waals surface area (Å²) in [5.41, 5.74) is 0.219. The second kappa shape index (κ2) is 4.66. The van der Waals surface area contributed by atoms with Crippen molar-refractivity contribution in [1.82, 2.24) is 0 Å². The van der Waals surface area contributed by atoms with E-state index in [1.54, 1.807) is 0 Å². The number of ether oxygens (including phenoxy) is 1. The number of rotatable bonds is 4. The summed E-state index contributed by atoms with van der Waals surface area (Å²) in [6, 6.07) is 0. The van der Waals surface area contributed by atoms with Crippen LogP contribution in [0.15, 0.2) is 12.7 Å². The zero-order valence-electron chi connectivity index (χ0n) is 9.05. The lowest BCUT2D eigenvalue weighted by atomic mass is 9.90. The smallest absolute Gasteiger partial charge is 0.0754 e. The maximum atomic E-state index is 5.80. The lowest BCUT2D eigenvalue weighted by Gasteiger charge is -2.30. The van der Waals surface area contributed by atoms with Gasteiger partial charge in [0, 0.05) is 0 Å². The highest BCUT2D eigenvalue weighted by Gasteiger charge is 2.22. The van der Waals surface area contributed by atoms with E-state index in [1.807, 2.05) is 6.08 Å². The Morgan fingerprint density at radius 1 is 1.42 bits per heavy atom. The third-order valence-corrected chi connectivity index (χ3v) is 2.26. The summed E-state index contributed by atoms with van der Waals surface area (Å²) in [7, 11) is 0. The maximum Gasteiger partial charge on any atom is 0.0754 e. The predicted molar refractivity (Wildman–Crippen MR) is 54.3 cm³/mol. The van der Waals surface area contributed by atoms with Crippen molar-refractivity contribution in [3.05, 3.63) is 12.7 Å². The predicted octanol–water partition coefficient (Wildman–Crippen LogP) is 3.40. The Kier molecular flexibility index (Phi) is 4.54. The molecule has 0 aromatic heterocycles. The first-order chi connectivity index (χ1) is 5.41. The molecular weight excluding hydrogens is 148 g/mol. The Balaban J connectivity index is 3.98. The van der Waals surface area contributed by atoms with Crippen LogP contribution < -0.4 is 0 Å². The quantitative estimate of drug-likeness (QED) is 0.587. The molecule has 0 saturated carbocycles. The van der Waals surface area contributed by atoms with Gasteiger partial charge in [-0.3, -0.25) is 0 Å². The van der Waals surface area contributed by atoms with Crippen molar-refractivity contribution in [2.75, 3.05) is 0 Å². The van der Waals surface area contributed by atoms with Crippen molar-refractivity contribution in [3.63, 3.8) is 0 Å². The maximum absolute atomic E-state index is 5.80. The van der Waals surface area contributed by atoms with Crippen molar-refractivity contribution in [1.29, 1.82) is 0 Å². The average molecular weight is 170 g/mol. The van der Waals surface area contributed by atoms with Crippen LogP contribution in [0.25, 0.3) is 0 Å². The van der Waals surface area contributed by atoms with Crippen LogP contribution in [-0.2, 0) is 4.74 Å². The zero-order chi connectivity index (χ0) is 9.78. The molecule has 2 atom stereocenters. The summed E-state index contributed by atoms with van der Waals surface area (Å²) in [6.07, 6.45) is 3.37. The van der Waals surface area contributed by atoms with E-state index in [2.05, 4.69) is 41.2 Å². The largest absolute Gasteiger partial charge is 0.371 e. The fourth-order valence-electron chi connectivity index (χ4n) is 0.785. The standard InChI is InChI=1S/C11H22O/c1-7-10(8-2)12-9(3)11(4,5)6/h7,9-10H,1,8H2,2-6H3. The monoisotopic (exact) mass is 170 g/mol. The van der Waals surface area contributed by atoms with Crippen LogP contribution in [-0.4, -0.2) is 12.2 Å². The second-order valence-corrected chi connectivity index (χ2v) is 4.33. The molecule has 72 valence electrons. The lowest BCUT2D eigenvalue weighted by molar-refractivity contribution is -0.0367. The van der Waals surface area contributed by atoms with Gasteiger partial charge in [-0.1, -0.05) is 33.8 Å². The highest BCUT2D eigenvalue weighted by Crippen LogP contribution is 2.23. The van der Waals surface area contributed by atoms with Gasteiger partial charge in [0.25, 0.3) is 0 Å². The molecule has 1 heteroatoms. The van der Waals surface area contributed by atoms with Gasteiger partial charge < -0.3 is 4.74 Å². The molecule has 0 aliphatic rings. The summed E-state index contributed by atoms with van der Waals surface area (Å²) < 4.78 is 5.80. The van der Waals surface area contributed by atoms with Crippen LogP contribution >= 0.6 is 0 Å². The molecule has 0 radical (unpaired) electrons. The molecule has 2 unspecified atom stereocenters. The Hall–Kier alpha value is -0.300. The first-order valence-electron chi connectivity index (χ1n) is 4.69. The molecule has 0 heterocycles. The Labute approximate surface area is 76.8 Å². The van der Waals surface area contributed by atoms with E-state index in [4.69, 9.17) is 4.74 Å². The molecule has 0 spiro atoms. The van der Waals surface area contributed by atoms with E-state index < -0.39 is 0 Å². The topological polar surface area (TPSA) is 9.23 Å². The molecule has 0 N–H and O–H groups in total. The molecule has 0 aliphatic carbocycles. The molecule has 0 fully saturated rings. The molecule has 0 amide bonds. The fourth-order valence-corrected chi connectivity index (χ4v) is 0.785. The van der Waals surface area contributed by atoms with Crippen molar-refractivity contribution >= 4 is 0 Å². The Bertz CT molecular complexity index is 132. The zero-order valence-corrected chi connectivity index (χ0v) is 9.05. The van der Waals surface area contributed by atoms with Crippen molar-refractivity contribution in [2.24, 2.45) is 5.41 Å². The summed E-state index contributed by atoms with van der Waals surface area (Å²) in [4.78, 5) is 0. The van der Waals surface area contributed by atoms with Crippen LogP contribution in [0.5, 0.6) is 0 Å². The van der Waals surface area contributed by atoms with E-state index in [-0.39, 0.29) is 17.6 Å². The van der Waals surface area contributed by atoms with E-state index in [1.165, 1.54) is 0 Å². The number of hydrogen-bond acceptors (Lipinski definition) is 1. The van der Waals surface area contributed by atoms with Crippen LogP contribution in [0.3, 0.4) is 0 Å². The van der Waals surface area contributed by atoms with Crippen LogP contribution in [0.1, 0.15) is 41.0 Å². The number of hydrogen-bond donors (Lipinski definition) is 0. The molecular formula is C11H22O. The first-order valence-corrected chi connectivity index (χ1v) is 4.69. The van der Waals surface area contributed by atoms with Gasteiger partial charge in [-0.2, -0.15) is 0 Å².